The number of nitrogens with zero attached hydrogens (tertiary/aromatic N) is 7. The normalized spacial score (nSPS) is 11.3. The number of halogens is 2. The van der Waals surface area contributed by atoms with Gasteiger partial charge in [-0.3, -0.25) is 14.2 Å². The molecule has 178 valence electrons. The minimum Gasteiger partial charge on any atom is -0.321 e. The van der Waals surface area contributed by atoms with E-state index in [4.69, 9.17) is 0 Å². The van der Waals surface area contributed by atoms with Crippen LogP contribution in [0.2, 0.25) is 0 Å². The molecule has 11 heteroatoms. The van der Waals surface area contributed by atoms with Crippen LogP contribution in [-0.2, 0) is 13.1 Å². The van der Waals surface area contributed by atoms with Gasteiger partial charge in [-0.1, -0.05) is 12.1 Å². The van der Waals surface area contributed by atoms with Crippen molar-refractivity contribution in [2.75, 3.05) is 5.32 Å². The second-order valence-electron chi connectivity index (χ2n) is 8.11. The number of amides is 1. The highest BCUT2D eigenvalue weighted by Gasteiger charge is 2.18. The van der Waals surface area contributed by atoms with Crippen molar-refractivity contribution in [1.82, 2.24) is 34.2 Å². The van der Waals surface area contributed by atoms with Crippen LogP contribution in [0.3, 0.4) is 0 Å². The van der Waals surface area contributed by atoms with Gasteiger partial charge in [0.1, 0.15) is 5.69 Å². The molecule has 0 atom stereocenters. The summed E-state index contributed by atoms with van der Waals surface area (Å²) in [7, 11) is 0. The molecule has 5 aromatic rings. The Hall–Kier alpha value is -3.31. The fourth-order valence-electron chi connectivity index (χ4n) is 3.86. The van der Waals surface area contributed by atoms with E-state index in [2.05, 4.69) is 57.5 Å². The minimum absolute atomic E-state index is 0.267. The van der Waals surface area contributed by atoms with Crippen molar-refractivity contribution in [2.24, 2.45) is 0 Å². The second kappa shape index (κ2) is 9.38. The van der Waals surface area contributed by atoms with Gasteiger partial charge in [0.15, 0.2) is 11.3 Å². The predicted molar refractivity (Wildman–Crippen MR) is 140 cm³/mol. The number of anilines is 1. The molecule has 1 N–H and O–H groups in total. The highest BCUT2D eigenvalue weighted by molar-refractivity contribution is 9.11. The number of carbonyl (C=O) groups is 1. The van der Waals surface area contributed by atoms with E-state index in [1.54, 1.807) is 16.8 Å². The molecule has 0 unspecified atom stereocenters. The molecule has 1 amide bonds. The summed E-state index contributed by atoms with van der Waals surface area (Å²) in [6.45, 7) is 7.35. The van der Waals surface area contributed by atoms with Crippen LogP contribution >= 0.6 is 31.9 Å². The standard InChI is InChI=1S/C24H22Br2N8O/c1-4-32-13-18(25)23(31-32)20-8-9-27-21-11-19(30-34(20)21)24(35)28-17-7-5-6-16(10-17)12-33-15(3)22(26)14(2)29-33/h5-11,13H,4,12H2,1-3H3,(H,28,35). The molecule has 0 saturated carbocycles. The average Bonchev–Trinajstić information content (AvgIpc) is 3.52. The topological polar surface area (TPSA) is 94.9 Å². The van der Waals surface area contributed by atoms with Gasteiger partial charge in [-0.25, -0.2) is 9.50 Å². The summed E-state index contributed by atoms with van der Waals surface area (Å²) in [5.41, 5.74) is 6.02. The SMILES string of the molecule is CCn1cc(Br)c(-c2ccnc3cc(C(=O)Nc4cccc(Cn5nc(C)c(Br)c5C)c4)nn23)n1. The number of fused-ring (bicyclic) bond motifs is 1. The summed E-state index contributed by atoms with van der Waals surface area (Å²) in [6.07, 6.45) is 3.60. The Morgan fingerprint density at radius 1 is 1.09 bits per heavy atom. The molecule has 5 rings (SSSR count). The molecule has 0 aliphatic rings. The lowest BCUT2D eigenvalue weighted by molar-refractivity contribution is 0.102. The number of hydrogen-bond acceptors (Lipinski definition) is 5. The maximum absolute atomic E-state index is 13.1. The van der Waals surface area contributed by atoms with Gasteiger partial charge < -0.3 is 5.32 Å². The first kappa shape index (κ1) is 23.4. The van der Waals surface area contributed by atoms with Gasteiger partial charge in [0.25, 0.3) is 5.91 Å². The number of benzene rings is 1. The molecule has 0 fully saturated rings. The third kappa shape index (κ3) is 4.53. The van der Waals surface area contributed by atoms with Crippen molar-refractivity contribution in [3.63, 3.8) is 0 Å². The molecular weight excluding hydrogens is 576 g/mol. The van der Waals surface area contributed by atoms with Crippen molar-refractivity contribution in [1.29, 1.82) is 0 Å². The van der Waals surface area contributed by atoms with Crippen molar-refractivity contribution in [2.45, 2.75) is 33.9 Å². The van der Waals surface area contributed by atoms with Gasteiger partial charge in [-0.05, 0) is 76.4 Å². The molecule has 9 nitrogen and oxygen atoms in total. The summed E-state index contributed by atoms with van der Waals surface area (Å²) >= 11 is 7.13. The monoisotopic (exact) mass is 596 g/mol. The van der Waals surface area contributed by atoms with E-state index in [1.807, 2.05) is 66.7 Å². The lowest BCUT2D eigenvalue weighted by Gasteiger charge is -2.08. The van der Waals surface area contributed by atoms with Crippen LogP contribution in [0, 0.1) is 13.8 Å². The van der Waals surface area contributed by atoms with Crippen molar-refractivity contribution in [3.05, 3.63) is 80.4 Å². The van der Waals surface area contributed by atoms with Crippen LogP contribution in [-0.4, -0.2) is 40.1 Å². The van der Waals surface area contributed by atoms with Crippen molar-refractivity contribution >= 4 is 49.1 Å². The molecule has 0 spiro atoms. The summed E-state index contributed by atoms with van der Waals surface area (Å²) in [6, 6.07) is 11.2. The van der Waals surface area contributed by atoms with E-state index in [0.717, 1.165) is 43.8 Å². The van der Waals surface area contributed by atoms with E-state index in [9.17, 15) is 4.79 Å². The zero-order valence-electron chi connectivity index (χ0n) is 19.3. The predicted octanol–water partition coefficient (Wildman–Crippen LogP) is 5.25. The molecule has 0 bridgehead atoms. The quantitative estimate of drug-likeness (QED) is 0.288. The number of hydrogen-bond donors (Lipinski definition) is 1. The molecule has 0 aliphatic carbocycles. The maximum Gasteiger partial charge on any atom is 0.276 e. The van der Waals surface area contributed by atoms with Gasteiger partial charge in [0.2, 0.25) is 0 Å². The molecule has 4 aromatic heterocycles. The third-order valence-corrected chi connectivity index (χ3v) is 7.41. The molecule has 0 saturated heterocycles. The first-order valence-electron chi connectivity index (χ1n) is 11.0. The average molecular weight is 598 g/mol. The third-order valence-electron chi connectivity index (χ3n) is 5.68. The number of rotatable bonds is 6. The first-order chi connectivity index (χ1) is 16.8. The van der Waals surface area contributed by atoms with Crippen molar-refractivity contribution < 1.29 is 4.79 Å². The van der Waals surface area contributed by atoms with E-state index >= 15 is 0 Å². The molecule has 35 heavy (non-hydrogen) atoms. The Kier molecular flexibility index (Phi) is 6.28. The first-order valence-corrected chi connectivity index (χ1v) is 12.6. The molecule has 0 radical (unpaired) electrons. The Morgan fingerprint density at radius 2 is 1.91 bits per heavy atom. The van der Waals surface area contributed by atoms with E-state index < -0.39 is 0 Å². The molecule has 0 aliphatic heterocycles. The highest BCUT2D eigenvalue weighted by Crippen LogP contribution is 2.27. The number of nitrogens with one attached hydrogen (secondary N) is 1. The Balaban J connectivity index is 1.40. The Morgan fingerprint density at radius 3 is 2.63 bits per heavy atom. The fraction of sp³-hybridized carbons (Fsp3) is 0.208. The summed E-state index contributed by atoms with van der Waals surface area (Å²) in [5.74, 6) is -0.314. The fourth-order valence-corrected chi connectivity index (χ4v) is 4.67. The largest absolute Gasteiger partial charge is 0.321 e. The van der Waals surface area contributed by atoms with Gasteiger partial charge in [0.05, 0.1) is 32.6 Å². The van der Waals surface area contributed by atoms with Gasteiger partial charge >= 0.3 is 0 Å². The molecule has 4 heterocycles. The van der Waals surface area contributed by atoms with Crippen LogP contribution in [0.1, 0.15) is 34.4 Å². The Bertz CT molecular complexity index is 1570. The van der Waals surface area contributed by atoms with Crippen LogP contribution in [0.25, 0.3) is 17.0 Å². The van der Waals surface area contributed by atoms with E-state index in [-0.39, 0.29) is 11.6 Å². The smallest absolute Gasteiger partial charge is 0.276 e. The minimum atomic E-state index is -0.314. The number of aryl methyl sites for hydroxylation is 2. The lowest BCUT2D eigenvalue weighted by Crippen LogP contribution is -2.13. The van der Waals surface area contributed by atoms with Gasteiger partial charge in [0, 0.05) is 30.7 Å². The molecular formula is C24H22Br2N8O. The summed E-state index contributed by atoms with van der Waals surface area (Å²) < 4.78 is 7.27. The van der Waals surface area contributed by atoms with Gasteiger partial charge in [-0.2, -0.15) is 15.3 Å². The lowest BCUT2D eigenvalue weighted by atomic mass is 10.2. The number of aromatic nitrogens is 7. The van der Waals surface area contributed by atoms with Crippen LogP contribution in [0.15, 0.2) is 57.7 Å². The summed E-state index contributed by atoms with van der Waals surface area (Å²) in [5, 5.41) is 16.6. The Labute approximate surface area is 218 Å². The second-order valence-corrected chi connectivity index (χ2v) is 9.76. The summed E-state index contributed by atoms with van der Waals surface area (Å²) in [4.78, 5) is 17.4. The highest BCUT2D eigenvalue weighted by atomic mass is 79.9. The zero-order chi connectivity index (χ0) is 24.7. The van der Waals surface area contributed by atoms with Crippen molar-refractivity contribution in [3.8, 4) is 11.4 Å². The van der Waals surface area contributed by atoms with E-state index in [0.29, 0.717) is 17.9 Å². The van der Waals surface area contributed by atoms with Gasteiger partial charge in [-0.15, -0.1) is 0 Å². The van der Waals surface area contributed by atoms with E-state index in [1.165, 1.54) is 0 Å². The number of carbonyl (C=O) groups excluding carboxylic acids is 1. The molecule has 1 aromatic carbocycles. The van der Waals surface area contributed by atoms with Crippen LogP contribution in [0.4, 0.5) is 5.69 Å². The van der Waals surface area contributed by atoms with Crippen LogP contribution < -0.4 is 5.32 Å². The van der Waals surface area contributed by atoms with Crippen LogP contribution in [0.5, 0.6) is 0 Å². The zero-order valence-corrected chi connectivity index (χ0v) is 22.5. The maximum atomic E-state index is 13.1.